The van der Waals surface area contributed by atoms with E-state index in [2.05, 4.69) is 10.3 Å². The number of sulfone groups is 1. The summed E-state index contributed by atoms with van der Waals surface area (Å²) in [4.78, 5) is 17.8. The quantitative estimate of drug-likeness (QED) is 0.333. The lowest BCUT2D eigenvalue weighted by molar-refractivity contribution is 0.0916. The Morgan fingerprint density at radius 1 is 1.00 bits per heavy atom. The summed E-state index contributed by atoms with van der Waals surface area (Å²) < 4.78 is 30.2. The maximum Gasteiger partial charge on any atom is 0.251 e. The van der Waals surface area contributed by atoms with Gasteiger partial charge in [-0.1, -0.05) is 48.9 Å². The summed E-state index contributed by atoms with van der Waals surface area (Å²) in [5, 5.41) is 13.5. The maximum absolute atomic E-state index is 13.0. The second-order valence-corrected chi connectivity index (χ2v) is 11.2. The van der Waals surface area contributed by atoms with Crippen LogP contribution in [0.1, 0.15) is 45.7 Å². The molecule has 0 radical (unpaired) electrons. The van der Waals surface area contributed by atoms with Crippen LogP contribution in [0.25, 0.3) is 10.9 Å². The number of aryl methyl sites for hydroxylation is 2. The first-order valence-corrected chi connectivity index (χ1v) is 13.7. The minimum Gasteiger partial charge on any atom is -0.488 e. The van der Waals surface area contributed by atoms with Gasteiger partial charge in [-0.05, 0) is 55.3 Å². The molecule has 0 aliphatic heterocycles. The highest BCUT2D eigenvalue weighted by Gasteiger charge is 2.18. The van der Waals surface area contributed by atoms with E-state index in [0.29, 0.717) is 29.0 Å². The average Bonchev–Trinajstić information content (AvgIpc) is 2.90. The lowest BCUT2D eigenvalue weighted by Crippen LogP contribution is -2.30. The van der Waals surface area contributed by atoms with Crippen LogP contribution in [-0.4, -0.2) is 36.8 Å². The number of hydrogen-bond acceptors (Lipinski definition) is 6. The molecular formula is C29H30N2O5S. The van der Waals surface area contributed by atoms with Gasteiger partial charge in [0, 0.05) is 22.7 Å². The van der Waals surface area contributed by atoms with Gasteiger partial charge in [0.05, 0.1) is 28.8 Å². The van der Waals surface area contributed by atoms with Gasteiger partial charge in [-0.25, -0.2) is 8.42 Å². The predicted octanol–water partition coefficient (Wildman–Crippen LogP) is 4.69. The summed E-state index contributed by atoms with van der Waals surface area (Å²) in [5.41, 5.74) is 4.62. The summed E-state index contributed by atoms with van der Waals surface area (Å²) in [6, 6.07) is 20.7. The van der Waals surface area contributed by atoms with Crippen LogP contribution in [0.3, 0.4) is 0 Å². The number of aliphatic hydroxyl groups is 1. The Morgan fingerprint density at radius 2 is 1.70 bits per heavy atom. The minimum atomic E-state index is -3.33. The Balaban J connectivity index is 1.53. The third kappa shape index (κ3) is 6.15. The van der Waals surface area contributed by atoms with Crippen molar-refractivity contribution in [3.63, 3.8) is 0 Å². The number of carbonyl (C=O) groups is 1. The highest BCUT2D eigenvalue weighted by atomic mass is 32.2. The van der Waals surface area contributed by atoms with E-state index >= 15 is 0 Å². The van der Waals surface area contributed by atoms with Crippen LogP contribution in [0.4, 0.5) is 0 Å². The summed E-state index contributed by atoms with van der Waals surface area (Å²) >= 11 is 0. The lowest BCUT2D eigenvalue weighted by atomic mass is 10.1. The SMILES string of the molecule is CCS(=O)(=O)c1ccc([C@H](CO)NC(=O)c2ccc3c(OCc4ccc(C)cc4)cc(C)nc3c2)cc1. The van der Waals surface area contributed by atoms with Crippen molar-refractivity contribution in [3.05, 3.63) is 101 Å². The molecule has 0 bridgehead atoms. The topological polar surface area (TPSA) is 106 Å². The van der Waals surface area contributed by atoms with Crippen molar-refractivity contribution < 1.29 is 23.1 Å². The van der Waals surface area contributed by atoms with Crippen molar-refractivity contribution in [1.82, 2.24) is 10.3 Å². The molecule has 1 atom stereocenters. The number of aliphatic hydroxyl groups excluding tert-OH is 1. The Bertz CT molecular complexity index is 1510. The first kappa shape index (κ1) is 26.3. The number of benzene rings is 3. The van der Waals surface area contributed by atoms with Crippen LogP contribution < -0.4 is 10.1 Å². The van der Waals surface area contributed by atoms with Crippen molar-refractivity contribution in [2.45, 2.75) is 38.3 Å². The van der Waals surface area contributed by atoms with Crippen LogP contribution in [0.15, 0.2) is 77.7 Å². The average molecular weight is 519 g/mol. The van der Waals surface area contributed by atoms with Crippen molar-refractivity contribution in [1.29, 1.82) is 0 Å². The molecule has 2 N–H and O–H groups in total. The molecule has 4 rings (SSSR count). The lowest BCUT2D eigenvalue weighted by Gasteiger charge is -2.18. The molecule has 0 aliphatic rings. The van der Waals surface area contributed by atoms with Crippen LogP contribution >= 0.6 is 0 Å². The number of carbonyl (C=O) groups excluding carboxylic acids is 1. The van der Waals surface area contributed by atoms with E-state index in [1.54, 1.807) is 37.3 Å². The van der Waals surface area contributed by atoms with Crippen molar-refractivity contribution >= 4 is 26.6 Å². The first-order valence-electron chi connectivity index (χ1n) is 12.0. The standard InChI is InChI=1S/C29H30N2O5S/c1-4-37(34,35)24-12-9-22(10-13-24)27(17-32)31-29(33)23-11-14-25-26(16-23)30-20(3)15-28(25)36-18-21-7-5-19(2)6-8-21/h5-16,27,32H,4,17-18H2,1-3H3,(H,31,33)/t27-/m0/s1. The molecule has 4 aromatic rings. The number of nitrogens with zero attached hydrogens (tertiary/aromatic N) is 1. The number of rotatable bonds is 9. The van der Waals surface area contributed by atoms with Crippen LogP contribution in [0, 0.1) is 13.8 Å². The van der Waals surface area contributed by atoms with Gasteiger partial charge in [-0.2, -0.15) is 0 Å². The van der Waals surface area contributed by atoms with E-state index in [9.17, 15) is 18.3 Å². The largest absolute Gasteiger partial charge is 0.488 e. The minimum absolute atomic E-state index is 0.000686. The van der Waals surface area contributed by atoms with Gasteiger partial charge in [-0.15, -0.1) is 0 Å². The highest BCUT2D eigenvalue weighted by molar-refractivity contribution is 7.91. The van der Waals surface area contributed by atoms with E-state index < -0.39 is 15.9 Å². The number of aromatic nitrogens is 1. The van der Waals surface area contributed by atoms with Gasteiger partial charge < -0.3 is 15.2 Å². The zero-order valence-corrected chi connectivity index (χ0v) is 21.9. The van der Waals surface area contributed by atoms with E-state index in [1.165, 1.54) is 17.7 Å². The molecule has 1 aromatic heterocycles. The Morgan fingerprint density at radius 3 is 2.35 bits per heavy atom. The van der Waals surface area contributed by atoms with E-state index in [0.717, 1.165) is 16.6 Å². The summed E-state index contributed by atoms with van der Waals surface area (Å²) in [5.74, 6) is 0.308. The third-order valence-corrected chi connectivity index (χ3v) is 7.94. The Hall–Kier alpha value is -3.75. The molecule has 0 unspecified atom stereocenters. The highest BCUT2D eigenvalue weighted by Crippen LogP contribution is 2.28. The third-order valence-electron chi connectivity index (χ3n) is 6.19. The second-order valence-electron chi connectivity index (χ2n) is 8.95. The summed E-state index contributed by atoms with van der Waals surface area (Å²) in [6.07, 6.45) is 0. The molecule has 192 valence electrons. The molecule has 1 amide bonds. The van der Waals surface area contributed by atoms with Gasteiger partial charge >= 0.3 is 0 Å². The van der Waals surface area contributed by atoms with Gasteiger partial charge in [0.2, 0.25) is 0 Å². The first-order chi connectivity index (χ1) is 17.7. The predicted molar refractivity (Wildman–Crippen MR) is 143 cm³/mol. The fraction of sp³-hybridized carbons (Fsp3) is 0.241. The zero-order chi connectivity index (χ0) is 26.6. The molecule has 0 saturated carbocycles. The fourth-order valence-corrected chi connectivity index (χ4v) is 4.86. The molecule has 0 saturated heterocycles. The number of nitrogens with one attached hydrogen (secondary N) is 1. The number of fused-ring (bicyclic) bond motifs is 1. The van der Waals surface area contributed by atoms with Crippen LogP contribution in [0.5, 0.6) is 5.75 Å². The second kappa shape index (κ2) is 11.1. The van der Waals surface area contributed by atoms with Crippen molar-refractivity contribution in [2.75, 3.05) is 12.4 Å². The zero-order valence-electron chi connectivity index (χ0n) is 21.1. The number of hydrogen-bond donors (Lipinski definition) is 2. The van der Waals surface area contributed by atoms with E-state index in [-0.39, 0.29) is 23.2 Å². The Kier molecular flexibility index (Phi) is 7.90. The molecule has 0 aliphatic carbocycles. The molecule has 0 spiro atoms. The van der Waals surface area contributed by atoms with Gasteiger partial charge in [0.15, 0.2) is 9.84 Å². The molecule has 1 heterocycles. The molecule has 37 heavy (non-hydrogen) atoms. The van der Waals surface area contributed by atoms with Gasteiger partial charge in [0.25, 0.3) is 5.91 Å². The maximum atomic E-state index is 13.0. The number of amides is 1. The van der Waals surface area contributed by atoms with E-state index in [1.807, 2.05) is 44.2 Å². The molecule has 8 heteroatoms. The summed E-state index contributed by atoms with van der Waals surface area (Å²) in [6.45, 7) is 5.57. The van der Waals surface area contributed by atoms with Gasteiger partial charge in [0.1, 0.15) is 12.4 Å². The van der Waals surface area contributed by atoms with E-state index in [4.69, 9.17) is 4.74 Å². The molecule has 7 nitrogen and oxygen atoms in total. The van der Waals surface area contributed by atoms with Crippen molar-refractivity contribution in [2.24, 2.45) is 0 Å². The van der Waals surface area contributed by atoms with Crippen molar-refractivity contribution in [3.8, 4) is 5.75 Å². The van der Waals surface area contributed by atoms with Gasteiger partial charge in [-0.3, -0.25) is 9.78 Å². The smallest absolute Gasteiger partial charge is 0.251 e. The molecule has 3 aromatic carbocycles. The number of pyridine rings is 1. The summed E-state index contributed by atoms with van der Waals surface area (Å²) in [7, 11) is -3.33. The van der Waals surface area contributed by atoms with Crippen LogP contribution in [0.2, 0.25) is 0 Å². The molecular weight excluding hydrogens is 488 g/mol. The molecule has 0 fully saturated rings. The monoisotopic (exact) mass is 518 g/mol. The Labute approximate surface area is 217 Å². The normalized spacial score (nSPS) is 12.3. The fourth-order valence-electron chi connectivity index (χ4n) is 3.98. The number of ether oxygens (including phenoxy) is 1. The van der Waals surface area contributed by atoms with Crippen LogP contribution in [-0.2, 0) is 16.4 Å².